The topological polar surface area (TPSA) is 93.1 Å². The van der Waals surface area contributed by atoms with Crippen LogP contribution in [0.2, 0.25) is 0 Å². The van der Waals surface area contributed by atoms with E-state index in [4.69, 9.17) is 4.74 Å². The molecule has 1 aliphatic heterocycles. The number of aromatic nitrogens is 2. The van der Waals surface area contributed by atoms with Crippen molar-refractivity contribution in [3.63, 3.8) is 0 Å². The highest BCUT2D eigenvalue weighted by atomic mass is 16.6. The molecule has 0 spiro atoms. The number of hydrogen-bond donors (Lipinski definition) is 2. The third-order valence-corrected chi connectivity index (χ3v) is 1.81. The Morgan fingerprint density at radius 1 is 1.69 bits per heavy atom. The van der Waals surface area contributed by atoms with Crippen LogP contribution in [0.1, 0.15) is 0 Å². The standard InChI is InChI=1S/C6H8N4O3/c11-10(12)5-3-8-9-6(5)13-4-1-7-2-4/h3-4,7H,1-2H2,(H,8,9). The molecule has 0 atom stereocenters. The lowest BCUT2D eigenvalue weighted by molar-refractivity contribution is -0.386. The fourth-order valence-corrected chi connectivity index (χ4v) is 0.997. The molecule has 1 aliphatic rings. The third-order valence-electron chi connectivity index (χ3n) is 1.81. The van der Waals surface area contributed by atoms with Gasteiger partial charge in [-0.25, -0.2) is 5.10 Å². The number of aromatic amines is 1. The zero-order valence-electron chi connectivity index (χ0n) is 6.69. The predicted octanol–water partition coefficient (Wildman–Crippen LogP) is -0.332. The first-order chi connectivity index (χ1) is 6.27. The molecule has 0 bridgehead atoms. The van der Waals surface area contributed by atoms with Crippen molar-refractivity contribution in [3.8, 4) is 5.88 Å². The van der Waals surface area contributed by atoms with Crippen LogP contribution in [0.4, 0.5) is 5.69 Å². The van der Waals surface area contributed by atoms with E-state index in [9.17, 15) is 10.1 Å². The van der Waals surface area contributed by atoms with Crippen molar-refractivity contribution in [1.82, 2.24) is 15.5 Å². The number of rotatable bonds is 3. The van der Waals surface area contributed by atoms with Crippen LogP contribution in [0.15, 0.2) is 6.20 Å². The van der Waals surface area contributed by atoms with Crippen molar-refractivity contribution >= 4 is 5.69 Å². The summed E-state index contributed by atoms with van der Waals surface area (Å²) in [6.07, 6.45) is 1.15. The molecule has 1 aromatic heterocycles. The maximum atomic E-state index is 10.4. The van der Waals surface area contributed by atoms with Gasteiger partial charge in [0.1, 0.15) is 12.3 Å². The molecule has 1 fully saturated rings. The molecule has 2 heterocycles. The van der Waals surface area contributed by atoms with Gasteiger partial charge in [0.05, 0.1) is 4.92 Å². The van der Waals surface area contributed by atoms with Gasteiger partial charge in [-0.3, -0.25) is 10.1 Å². The van der Waals surface area contributed by atoms with Gasteiger partial charge >= 0.3 is 5.69 Å². The first-order valence-corrected chi connectivity index (χ1v) is 3.82. The quantitative estimate of drug-likeness (QED) is 0.495. The molecule has 2 N–H and O–H groups in total. The fourth-order valence-electron chi connectivity index (χ4n) is 0.997. The van der Waals surface area contributed by atoms with Crippen molar-refractivity contribution in [1.29, 1.82) is 0 Å². The Bertz CT molecular complexity index is 319. The number of ether oxygens (including phenoxy) is 1. The lowest BCUT2D eigenvalue weighted by Gasteiger charge is -2.26. The molecule has 7 heteroatoms. The van der Waals surface area contributed by atoms with Crippen LogP contribution >= 0.6 is 0 Å². The molecule has 0 aromatic carbocycles. The van der Waals surface area contributed by atoms with Gasteiger partial charge in [0.2, 0.25) is 0 Å². The minimum absolute atomic E-state index is 0.0131. The van der Waals surface area contributed by atoms with E-state index in [1.807, 2.05) is 0 Å². The highest BCUT2D eigenvalue weighted by molar-refractivity contribution is 5.37. The summed E-state index contributed by atoms with van der Waals surface area (Å²) >= 11 is 0. The van der Waals surface area contributed by atoms with Crippen molar-refractivity contribution < 1.29 is 9.66 Å². The Balaban J connectivity index is 2.09. The molecule has 1 aromatic rings. The summed E-state index contributed by atoms with van der Waals surface area (Å²) in [5.41, 5.74) is -0.119. The zero-order valence-corrected chi connectivity index (χ0v) is 6.69. The fraction of sp³-hybridized carbons (Fsp3) is 0.500. The van der Waals surface area contributed by atoms with Crippen LogP contribution < -0.4 is 10.1 Å². The Hall–Kier alpha value is -1.63. The van der Waals surface area contributed by atoms with Gasteiger partial charge in [0.15, 0.2) is 0 Å². The van der Waals surface area contributed by atoms with E-state index in [0.29, 0.717) is 0 Å². The Kier molecular flexibility index (Phi) is 1.85. The van der Waals surface area contributed by atoms with Crippen LogP contribution in [-0.2, 0) is 0 Å². The van der Waals surface area contributed by atoms with E-state index in [2.05, 4.69) is 15.5 Å². The normalized spacial score (nSPS) is 16.6. The number of nitro groups is 1. The Morgan fingerprint density at radius 3 is 3.00 bits per heavy atom. The SMILES string of the molecule is O=[N+]([O-])c1cn[nH]c1OC1CNC1. The first-order valence-electron chi connectivity index (χ1n) is 3.82. The summed E-state index contributed by atoms with van der Waals surface area (Å²) in [5.74, 6) is 0.136. The molecule has 0 unspecified atom stereocenters. The van der Waals surface area contributed by atoms with Crippen LogP contribution in [0.3, 0.4) is 0 Å². The second-order valence-corrected chi connectivity index (χ2v) is 2.74. The summed E-state index contributed by atoms with van der Waals surface area (Å²) < 4.78 is 5.26. The van der Waals surface area contributed by atoms with E-state index < -0.39 is 4.92 Å². The van der Waals surface area contributed by atoms with Crippen molar-refractivity contribution in [3.05, 3.63) is 16.3 Å². The second kappa shape index (κ2) is 3.02. The van der Waals surface area contributed by atoms with E-state index in [1.54, 1.807) is 0 Å². The first kappa shape index (κ1) is 7.99. The van der Waals surface area contributed by atoms with Gasteiger partial charge in [0.25, 0.3) is 5.88 Å². The molecular weight excluding hydrogens is 176 g/mol. The minimum Gasteiger partial charge on any atom is -0.467 e. The lowest BCUT2D eigenvalue weighted by Crippen LogP contribution is -2.50. The second-order valence-electron chi connectivity index (χ2n) is 2.74. The maximum Gasteiger partial charge on any atom is 0.350 e. The Labute approximate surface area is 73.2 Å². The van der Waals surface area contributed by atoms with E-state index >= 15 is 0 Å². The average Bonchev–Trinajstić information content (AvgIpc) is 2.44. The van der Waals surface area contributed by atoms with E-state index in [1.165, 1.54) is 0 Å². The van der Waals surface area contributed by atoms with E-state index in [-0.39, 0.29) is 17.7 Å². The molecule has 70 valence electrons. The molecule has 7 nitrogen and oxygen atoms in total. The average molecular weight is 184 g/mol. The highest BCUT2D eigenvalue weighted by Gasteiger charge is 2.24. The smallest absolute Gasteiger partial charge is 0.350 e. The number of nitrogens with zero attached hydrogens (tertiary/aromatic N) is 2. The van der Waals surface area contributed by atoms with Gasteiger partial charge < -0.3 is 10.1 Å². The molecule has 1 saturated heterocycles. The van der Waals surface area contributed by atoms with Gasteiger partial charge in [-0.1, -0.05) is 0 Å². The summed E-state index contributed by atoms with van der Waals surface area (Å²) in [7, 11) is 0. The van der Waals surface area contributed by atoms with Gasteiger partial charge in [-0.05, 0) is 0 Å². The number of nitrogens with one attached hydrogen (secondary N) is 2. The predicted molar refractivity (Wildman–Crippen MR) is 42.5 cm³/mol. The number of H-pyrrole nitrogens is 1. The Morgan fingerprint density at radius 2 is 2.46 bits per heavy atom. The largest absolute Gasteiger partial charge is 0.467 e. The van der Waals surface area contributed by atoms with E-state index in [0.717, 1.165) is 19.3 Å². The lowest BCUT2D eigenvalue weighted by atomic mass is 10.2. The maximum absolute atomic E-state index is 10.4. The van der Waals surface area contributed by atoms with Crippen LogP contribution in [0.5, 0.6) is 5.88 Å². The van der Waals surface area contributed by atoms with Crippen molar-refractivity contribution in [2.75, 3.05) is 13.1 Å². The summed E-state index contributed by atoms with van der Waals surface area (Å²) in [4.78, 5) is 9.90. The summed E-state index contributed by atoms with van der Waals surface area (Å²) in [6, 6.07) is 0. The van der Waals surface area contributed by atoms with Crippen LogP contribution in [-0.4, -0.2) is 34.3 Å². The molecule has 0 amide bonds. The van der Waals surface area contributed by atoms with Crippen molar-refractivity contribution in [2.24, 2.45) is 0 Å². The van der Waals surface area contributed by atoms with Crippen LogP contribution in [0.25, 0.3) is 0 Å². The molecule has 2 rings (SSSR count). The van der Waals surface area contributed by atoms with Gasteiger partial charge in [0, 0.05) is 13.1 Å². The van der Waals surface area contributed by atoms with Gasteiger partial charge in [-0.2, -0.15) is 5.10 Å². The zero-order chi connectivity index (χ0) is 9.26. The molecule has 13 heavy (non-hydrogen) atoms. The molecule has 0 aliphatic carbocycles. The minimum atomic E-state index is -0.523. The highest BCUT2D eigenvalue weighted by Crippen LogP contribution is 2.24. The number of hydrogen-bond acceptors (Lipinski definition) is 5. The molecule has 0 saturated carbocycles. The molecule has 0 radical (unpaired) electrons. The van der Waals surface area contributed by atoms with Crippen LogP contribution in [0, 0.1) is 10.1 Å². The van der Waals surface area contributed by atoms with Gasteiger partial charge in [-0.15, -0.1) is 0 Å². The van der Waals surface area contributed by atoms with Crippen molar-refractivity contribution in [2.45, 2.75) is 6.10 Å². The monoisotopic (exact) mass is 184 g/mol. The summed E-state index contributed by atoms with van der Waals surface area (Å²) in [6.45, 7) is 1.44. The third kappa shape index (κ3) is 1.45. The summed E-state index contributed by atoms with van der Waals surface area (Å²) in [5, 5.41) is 19.4. The molecular formula is C6H8N4O3.